The third-order valence-corrected chi connectivity index (χ3v) is 3.48. The summed E-state index contributed by atoms with van der Waals surface area (Å²) in [5.41, 5.74) is -0.839. The van der Waals surface area contributed by atoms with Crippen molar-refractivity contribution in [1.29, 1.82) is 0 Å². The molecule has 0 aromatic heterocycles. The molecule has 1 aliphatic carbocycles. The van der Waals surface area contributed by atoms with Gasteiger partial charge in [-0.25, -0.2) is 0 Å². The Kier molecular flexibility index (Phi) is 4.95. The third-order valence-electron chi connectivity index (χ3n) is 3.48. The molecule has 1 aliphatic rings. The topological polar surface area (TPSA) is 52.6 Å². The average molecular weight is 242 g/mol. The van der Waals surface area contributed by atoms with Gasteiger partial charge in [-0.3, -0.25) is 9.69 Å². The van der Waals surface area contributed by atoms with Crippen molar-refractivity contribution in [3.8, 4) is 0 Å². The van der Waals surface area contributed by atoms with Gasteiger partial charge in [0.15, 0.2) is 0 Å². The lowest BCUT2D eigenvalue weighted by atomic mass is 10.0. The fraction of sp³-hybridized carbons (Fsp3) is 0.923. The molecular weight excluding hydrogens is 216 g/mol. The average Bonchev–Trinajstić information content (AvgIpc) is 3.00. The number of hydrogen-bond acceptors (Lipinski definition) is 3. The first kappa shape index (κ1) is 14.5. The van der Waals surface area contributed by atoms with E-state index in [0.29, 0.717) is 19.1 Å². The van der Waals surface area contributed by atoms with Gasteiger partial charge in [-0.05, 0) is 46.1 Å². The van der Waals surface area contributed by atoms with Crippen LogP contribution in [0.4, 0.5) is 0 Å². The molecule has 1 rings (SSSR count). The van der Waals surface area contributed by atoms with Crippen LogP contribution in [-0.2, 0) is 4.79 Å². The molecule has 0 bridgehead atoms. The maximum absolute atomic E-state index is 11.4. The highest BCUT2D eigenvalue weighted by Gasteiger charge is 2.36. The smallest absolute Gasteiger partial charge is 0.324 e. The van der Waals surface area contributed by atoms with Crippen LogP contribution < -0.4 is 5.32 Å². The van der Waals surface area contributed by atoms with Crippen molar-refractivity contribution in [3.63, 3.8) is 0 Å². The third kappa shape index (κ3) is 4.28. The number of rotatable bonds is 8. The molecule has 0 amide bonds. The van der Waals surface area contributed by atoms with Crippen LogP contribution in [0.2, 0.25) is 0 Å². The maximum atomic E-state index is 11.4. The molecule has 4 heteroatoms. The Morgan fingerprint density at radius 1 is 1.53 bits per heavy atom. The Hall–Kier alpha value is -0.610. The predicted molar refractivity (Wildman–Crippen MR) is 69.2 cm³/mol. The largest absolute Gasteiger partial charge is 0.480 e. The van der Waals surface area contributed by atoms with Crippen molar-refractivity contribution in [1.82, 2.24) is 10.2 Å². The second-order valence-corrected chi connectivity index (χ2v) is 5.63. The maximum Gasteiger partial charge on any atom is 0.324 e. The lowest BCUT2D eigenvalue weighted by Crippen LogP contribution is -2.58. The Bertz CT molecular complexity index is 264. The summed E-state index contributed by atoms with van der Waals surface area (Å²) >= 11 is 0. The molecule has 0 radical (unpaired) electrons. The van der Waals surface area contributed by atoms with Crippen molar-refractivity contribution >= 4 is 5.97 Å². The van der Waals surface area contributed by atoms with Gasteiger partial charge in [-0.15, -0.1) is 0 Å². The highest BCUT2D eigenvalue weighted by Crippen LogP contribution is 2.30. The standard InChI is InChI=1S/C13H26N2O2/c1-5-14-13(4,12(16)17)9-15(10(2)3)8-11-6-7-11/h10-11,14H,5-9H2,1-4H3,(H,16,17). The van der Waals surface area contributed by atoms with Crippen LogP contribution >= 0.6 is 0 Å². The zero-order valence-corrected chi connectivity index (χ0v) is 11.5. The van der Waals surface area contributed by atoms with Crippen LogP contribution in [0.15, 0.2) is 0 Å². The molecule has 0 aromatic rings. The van der Waals surface area contributed by atoms with Gasteiger partial charge < -0.3 is 10.4 Å². The van der Waals surface area contributed by atoms with Crippen molar-refractivity contribution in [3.05, 3.63) is 0 Å². The van der Waals surface area contributed by atoms with Crippen LogP contribution in [0, 0.1) is 5.92 Å². The number of nitrogens with one attached hydrogen (secondary N) is 1. The monoisotopic (exact) mass is 242 g/mol. The summed E-state index contributed by atoms with van der Waals surface area (Å²) in [7, 11) is 0. The number of hydrogen-bond donors (Lipinski definition) is 2. The Balaban J connectivity index is 2.63. The van der Waals surface area contributed by atoms with E-state index < -0.39 is 11.5 Å². The quantitative estimate of drug-likeness (QED) is 0.678. The molecule has 0 spiro atoms. The molecule has 0 heterocycles. The zero-order chi connectivity index (χ0) is 13.1. The van der Waals surface area contributed by atoms with Gasteiger partial charge in [0.05, 0.1) is 0 Å². The van der Waals surface area contributed by atoms with Gasteiger partial charge in [0, 0.05) is 19.1 Å². The fourth-order valence-electron chi connectivity index (χ4n) is 2.09. The van der Waals surface area contributed by atoms with Crippen LogP contribution in [-0.4, -0.2) is 47.2 Å². The van der Waals surface area contributed by atoms with E-state index in [1.54, 1.807) is 6.92 Å². The van der Waals surface area contributed by atoms with Crippen molar-refractivity contribution in [2.24, 2.45) is 5.92 Å². The fourth-order valence-corrected chi connectivity index (χ4v) is 2.09. The van der Waals surface area contributed by atoms with E-state index in [2.05, 4.69) is 24.1 Å². The van der Waals surface area contributed by atoms with E-state index in [-0.39, 0.29) is 0 Å². The Labute approximate surface area is 104 Å². The molecular formula is C13H26N2O2. The normalized spacial score (nSPS) is 19.6. The van der Waals surface area contributed by atoms with E-state index in [1.165, 1.54) is 12.8 Å². The molecule has 2 N–H and O–H groups in total. The number of nitrogens with zero attached hydrogens (tertiary/aromatic N) is 1. The minimum Gasteiger partial charge on any atom is -0.480 e. The summed E-state index contributed by atoms with van der Waals surface area (Å²) in [6.07, 6.45) is 2.60. The van der Waals surface area contributed by atoms with E-state index in [0.717, 1.165) is 12.5 Å². The van der Waals surface area contributed by atoms with Crippen molar-refractivity contribution in [2.75, 3.05) is 19.6 Å². The minimum absolute atomic E-state index is 0.396. The summed E-state index contributed by atoms with van der Waals surface area (Å²) in [5.74, 6) is 0.0258. The zero-order valence-electron chi connectivity index (χ0n) is 11.5. The van der Waals surface area contributed by atoms with Gasteiger partial charge in [0.1, 0.15) is 5.54 Å². The van der Waals surface area contributed by atoms with E-state index in [9.17, 15) is 9.90 Å². The summed E-state index contributed by atoms with van der Waals surface area (Å²) in [6.45, 7) is 10.3. The van der Waals surface area contributed by atoms with Crippen LogP contribution in [0.25, 0.3) is 0 Å². The summed E-state index contributed by atoms with van der Waals surface area (Å²) in [4.78, 5) is 13.7. The molecule has 1 atom stereocenters. The first-order valence-corrected chi connectivity index (χ1v) is 6.61. The van der Waals surface area contributed by atoms with Crippen molar-refractivity contribution in [2.45, 2.75) is 52.1 Å². The molecule has 1 unspecified atom stereocenters. The van der Waals surface area contributed by atoms with Gasteiger partial charge in [0.2, 0.25) is 0 Å². The lowest BCUT2D eigenvalue weighted by molar-refractivity contribution is -0.145. The molecule has 4 nitrogen and oxygen atoms in total. The summed E-state index contributed by atoms with van der Waals surface area (Å²) in [6, 6.07) is 0.396. The number of carboxylic acids is 1. The molecule has 1 saturated carbocycles. The number of carboxylic acid groups (broad SMARTS) is 1. The highest BCUT2D eigenvalue weighted by molar-refractivity contribution is 5.78. The minimum atomic E-state index is -0.839. The van der Waals surface area contributed by atoms with Crippen molar-refractivity contribution < 1.29 is 9.90 Å². The Morgan fingerprint density at radius 3 is 2.47 bits per heavy atom. The highest BCUT2D eigenvalue weighted by atomic mass is 16.4. The van der Waals surface area contributed by atoms with Crippen LogP contribution in [0.1, 0.15) is 40.5 Å². The SMILES string of the molecule is CCNC(C)(CN(CC1CC1)C(C)C)C(=O)O. The number of aliphatic carboxylic acids is 1. The van der Waals surface area contributed by atoms with Crippen LogP contribution in [0.5, 0.6) is 0 Å². The van der Waals surface area contributed by atoms with Crippen LogP contribution in [0.3, 0.4) is 0 Å². The predicted octanol–water partition coefficient (Wildman–Crippen LogP) is 1.56. The lowest BCUT2D eigenvalue weighted by Gasteiger charge is -2.35. The van der Waals surface area contributed by atoms with Gasteiger partial charge in [0.25, 0.3) is 0 Å². The molecule has 1 fully saturated rings. The second-order valence-electron chi connectivity index (χ2n) is 5.63. The Morgan fingerprint density at radius 2 is 2.12 bits per heavy atom. The summed E-state index contributed by atoms with van der Waals surface area (Å²) in [5, 5.41) is 12.5. The first-order valence-electron chi connectivity index (χ1n) is 6.61. The van der Waals surface area contributed by atoms with E-state index in [1.807, 2.05) is 6.92 Å². The molecule has 0 saturated heterocycles. The molecule has 17 heavy (non-hydrogen) atoms. The van der Waals surface area contributed by atoms with E-state index in [4.69, 9.17) is 0 Å². The molecule has 0 aliphatic heterocycles. The number of carbonyl (C=O) groups is 1. The van der Waals surface area contributed by atoms with Gasteiger partial charge in [-0.1, -0.05) is 6.92 Å². The molecule has 100 valence electrons. The van der Waals surface area contributed by atoms with Gasteiger partial charge >= 0.3 is 5.97 Å². The van der Waals surface area contributed by atoms with E-state index >= 15 is 0 Å². The molecule has 0 aromatic carbocycles. The summed E-state index contributed by atoms with van der Waals surface area (Å²) < 4.78 is 0. The number of likely N-dealkylation sites (N-methyl/N-ethyl adjacent to an activating group) is 1. The second kappa shape index (κ2) is 5.83. The van der Waals surface area contributed by atoms with Gasteiger partial charge in [-0.2, -0.15) is 0 Å². The first-order chi connectivity index (χ1) is 7.89.